The molecule has 0 unspecified atom stereocenters. The van der Waals surface area contributed by atoms with Crippen LogP contribution in [-0.4, -0.2) is 80.6 Å². The number of aliphatic carboxylic acids is 2. The van der Waals surface area contributed by atoms with Gasteiger partial charge in [0.05, 0.1) is 18.8 Å². The fourth-order valence-corrected chi connectivity index (χ4v) is 2.81. The van der Waals surface area contributed by atoms with Crippen LogP contribution in [0.25, 0.3) is 0 Å². The maximum absolute atomic E-state index is 12.8. The summed E-state index contributed by atoms with van der Waals surface area (Å²) in [4.78, 5) is 66.2. The van der Waals surface area contributed by atoms with Gasteiger partial charge in [0.25, 0.3) is 0 Å². The third-order valence-electron chi connectivity index (χ3n) is 4.66. The van der Waals surface area contributed by atoms with E-state index in [1.165, 1.54) is 19.4 Å². The van der Waals surface area contributed by atoms with Crippen LogP contribution in [0.4, 0.5) is 0 Å². The molecule has 1 aromatic heterocycles. The van der Waals surface area contributed by atoms with Crippen molar-refractivity contribution in [3.05, 3.63) is 18.2 Å². The Labute approximate surface area is 189 Å². The number of carboxylic acids is 2. The summed E-state index contributed by atoms with van der Waals surface area (Å²) in [6.45, 7) is 1.72. The SMILES string of the molecule is C[C@H](NC(=O)[C@@H](N)CC(=O)O)C(=O)N[C@@H](Cc1cnc[nH]1)C(=O)N[C@@H](CCCCN)C(=O)O. The Morgan fingerprint density at radius 1 is 1.03 bits per heavy atom. The van der Waals surface area contributed by atoms with Gasteiger partial charge < -0.3 is 42.6 Å². The second kappa shape index (κ2) is 13.8. The standard InChI is InChI=1S/C19H31N7O7/c1-10(24-17(30)12(21)7-15(27)28)16(29)26-14(6-11-8-22-9-23-11)18(31)25-13(19(32)33)4-2-3-5-20/h8-10,12-14H,2-7,20-21H2,1H3,(H,22,23)(H,24,30)(H,25,31)(H,26,29)(H,27,28)(H,32,33)/t10-,12-,13-,14-/m0/s1. The van der Waals surface area contributed by atoms with Crippen LogP contribution in [0, 0.1) is 0 Å². The van der Waals surface area contributed by atoms with E-state index >= 15 is 0 Å². The van der Waals surface area contributed by atoms with Crippen molar-refractivity contribution in [2.24, 2.45) is 11.5 Å². The van der Waals surface area contributed by atoms with Crippen molar-refractivity contribution in [1.29, 1.82) is 0 Å². The molecule has 0 saturated carbocycles. The van der Waals surface area contributed by atoms with Gasteiger partial charge in [-0.25, -0.2) is 9.78 Å². The van der Waals surface area contributed by atoms with E-state index in [0.29, 0.717) is 25.1 Å². The van der Waals surface area contributed by atoms with Crippen LogP contribution in [0.15, 0.2) is 12.5 Å². The summed E-state index contributed by atoms with van der Waals surface area (Å²) in [5, 5.41) is 25.3. The first-order valence-electron chi connectivity index (χ1n) is 10.3. The third-order valence-corrected chi connectivity index (χ3v) is 4.66. The van der Waals surface area contributed by atoms with Gasteiger partial charge in [0.15, 0.2) is 0 Å². The molecule has 0 spiro atoms. The molecule has 14 nitrogen and oxygen atoms in total. The number of carboxylic acid groups (broad SMARTS) is 2. The minimum absolute atomic E-state index is 0.0219. The highest BCUT2D eigenvalue weighted by molar-refractivity contribution is 5.94. The van der Waals surface area contributed by atoms with Gasteiger partial charge in [0.1, 0.15) is 18.1 Å². The molecule has 0 aliphatic rings. The Kier molecular flexibility index (Phi) is 11.5. The average Bonchev–Trinajstić information content (AvgIpc) is 3.24. The lowest BCUT2D eigenvalue weighted by Gasteiger charge is -2.23. The molecule has 0 radical (unpaired) electrons. The highest BCUT2D eigenvalue weighted by atomic mass is 16.4. The highest BCUT2D eigenvalue weighted by Crippen LogP contribution is 2.05. The van der Waals surface area contributed by atoms with Crippen LogP contribution >= 0.6 is 0 Å². The zero-order chi connectivity index (χ0) is 25.0. The molecule has 33 heavy (non-hydrogen) atoms. The largest absolute Gasteiger partial charge is 0.481 e. The van der Waals surface area contributed by atoms with E-state index in [9.17, 15) is 29.1 Å². The van der Waals surface area contributed by atoms with Crippen molar-refractivity contribution in [1.82, 2.24) is 25.9 Å². The van der Waals surface area contributed by atoms with Crippen LogP contribution in [0.1, 0.15) is 38.3 Å². The molecule has 3 amide bonds. The van der Waals surface area contributed by atoms with E-state index < -0.39 is 60.2 Å². The fourth-order valence-electron chi connectivity index (χ4n) is 2.81. The number of unbranched alkanes of at least 4 members (excludes halogenated alkanes) is 1. The molecule has 0 fully saturated rings. The van der Waals surface area contributed by atoms with E-state index in [-0.39, 0.29) is 12.8 Å². The molecule has 0 aliphatic heterocycles. The van der Waals surface area contributed by atoms with Gasteiger partial charge in [0.2, 0.25) is 17.7 Å². The van der Waals surface area contributed by atoms with Gasteiger partial charge in [-0.15, -0.1) is 0 Å². The van der Waals surface area contributed by atoms with E-state index in [1.807, 2.05) is 0 Å². The Balaban J connectivity index is 2.85. The zero-order valence-electron chi connectivity index (χ0n) is 18.2. The Morgan fingerprint density at radius 2 is 1.70 bits per heavy atom. The second-order valence-electron chi connectivity index (χ2n) is 7.46. The smallest absolute Gasteiger partial charge is 0.326 e. The van der Waals surface area contributed by atoms with Crippen LogP contribution in [0.3, 0.4) is 0 Å². The van der Waals surface area contributed by atoms with E-state index in [1.54, 1.807) is 0 Å². The summed E-state index contributed by atoms with van der Waals surface area (Å²) in [7, 11) is 0. The number of nitrogens with zero attached hydrogens (tertiary/aromatic N) is 1. The lowest BCUT2D eigenvalue weighted by Crippen LogP contribution is -2.57. The third kappa shape index (κ3) is 10.1. The van der Waals surface area contributed by atoms with Gasteiger partial charge in [0, 0.05) is 18.3 Å². The number of hydrogen-bond acceptors (Lipinski definition) is 8. The number of nitrogens with one attached hydrogen (secondary N) is 4. The molecule has 0 saturated heterocycles. The van der Waals surface area contributed by atoms with Crippen molar-refractivity contribution < 1.29 is 34.2 Å². The zero-order valence-corrected chi connectivity index (χ0v) is 18.2. The second-order valence-corrected chi connectivity index (χ2v) is 7.46. The van der Waals surface area contributed by atoms with Gasteiger partial charge in [-0.3, -0.25) is 19.2 Å². The number of carbonyl (C=O) groups is 5. The predicted molar refractivity (Wildman–Crippen MR) is 115 cm³/mol. The maximum atomic E-state index is 12.8. The summed E-state index contributed by atoms with van der Waals surface area (Å²) in [6.07, 6.45) is 3.43. The van der Waals surface area contributed by atoms with Crippen molar-refractivity contribution in [3.63, 3.8) is 0 Å². The normalized spacial score (nSPS) is 14.4. The van der Waals surface area contributed by atoms with Gasteiger partial charge in [-0.1, -0.05) is 0 Å². The molecule has 1 aromatic rings. The topological polar surface area (TPSA) is 243 Å². The lowest BCUT2D eigenvalue weighted by molar-refractivity contribution is -0.142. The molecule has 0 bridgehead atoms. The molecule has 4 atom stereocenters. The molecule has 1 heterocycles. The van der Waals surface area contributed by atoms with Crippen molar-refractivity contribution >= 4 is 29.7 Å². The van der Waals surface area contributed by atoms with Crippen LogP contribution in [-0.2, 0) is 30.4 Å². The molecule has 0 aliphatic carbocycles. The number of carbonyl (C=O) groups excluding carboxylic acids is 3. The summed E-state index contributed by atoms with van der Waals surface area (Å²) < 4.78 is 0. The number of rotatable bonds is 15. The van der Waals surface area contributed by atoms with Gasteiger partial charge in [-0.2, -0.15) is 0 Å². The number of hydrogen-bond donors (Lipinski definition) is 8. The summed E-state index contributed by atoms with van der Waals surface area (Å²) in [6, 6.07) is -4.85. The molecular weight excluding hydrogens is 438 g/mol. The fraction of sp³-hybridized carbons (Fsp3) is 0.579. The van der Waals surface area contributed by atoms with E-state index in [2.05, 4.69) is 25.9 Å². The lowest BCUT2D eigenvalue weighted by atomic mass is 10.1. The van der Waals surface area contributed by atoms with Crippen molar-refractivity contribution in [2.45, 2.75) is 63.2 Å². The Bertz CT molecular complexity index is 815. The quantitative estimate of drug-likeness (QED) is 0.125. The molecule has 10 N–H and O–H groups in total. The minimum Gasteiger partial charge on any atom is -0.481 e. The summed E-state index contributed by atoms with van der Waals surface area (Å²) >= 11 is 0. The number of aromatic amines is 1. The molecule has 14 heteroatoms. The Hall–Kier alpha value is -3.52. The van der Waals surface area contributed by atoms with Crippen molar-refractivity contribution in [2.75, 3.05) is 6.54 Å². The summed E-state index contributed by atoms with van der Waals surface area (Å²) in [5.41, 5.74) is 11.4. The molecular formula is C19H31N7O7. The first kappa shape index (κ1) is 27.5. The highest BCUT2D eigenvalue weighted by Gasteiger charge is 2.29. The number of H-pyrrole nitrogens is 1. The molecule has 184 valence electrons. The van der Waals surface area contributed by atoms with E-state index in [4.69, 9.17) is 16.6 Å². The first-order valence-corrected chi connectivity index (χ1v) is 10.3. The average molecular weight is 469 g/mol. The number of amides is 3. The summed E-state index contributed by atoms with van der Waals surface area (Å²) in [5.74, 6) is -4.83. The van der Waals surface area contributed by atoms with Gasteiger partial charge >= 0.3 is 11.9 Å². The van der Waals surface area contributed by atoms with Gasteiger partial charge in [-0.05, 0) is 32.7 Å². The Morgan fingerprint density at radius 3 is 2.24 bits per heavy atom. The number of imidazole rings is 1. The number of aromatic nitrogens is 2. The van der Waals surface area contributed by atoms with Crippen LogP contribution < -0.4 is 27.4 Å². The molecule has 0 aromatic carbocycles. The van der Waals surface area contributed by atoms with Crippen LogP contribution in [0.2, 0.25) is 0 Å². The van der Waals surface area contributed by atoms with Crippen LogP contribution in [0.5, 0.6) is 0 Å². The van der Waals surface area contributed by atoms with E-state index in [0.717, 1.165) is 0 Å². The minimum atomic E-state index is -1.35. The number of nitrogens with two attached hydrogens (primary N) is 2. The maximum Gasteiger partial charge on any atom is 0.326 e. The predicted octanol–water partition coefficient (Wildman–Crippen LogP) is -2.56. The molecule has 1 rings (SSSR count). The first-order chi connectivity index (χ1) is 15.5. The van der Waals surface area contributed by atoms with Crippen molar-refractivity contribution in [3.8, 4) is 0 Å². The monoisotopic (exact) mass is 469 g/mol.